The van der Waals surface area contributed by atoms with Crippen molar-refractivity contribution in [2.45, 2.75) is 26.7 Å². The fourth-order valence-electron chi connectivity index (χ4n) is 1.62. The van der Waals surface area contributed by atoms with Crippen LogP contribution in [0.25, 0.3) is 11.6 Å². The lowest BCUT2D eigenvalue weighted by Crippen LogP contribution is -2.17. The van der Waals surface area contributed by atoms with Crippen molar-refractivity contribution in [1.82, 2.24) is 20.5 Å². The molecule has 18 heavy (non-hydrogen) atoms. The van der Waals surface area contributed by atoms with Crippen LogP contribution in [0.1, 0.15) is 24.9 Å². The van der Waals surface area contributed by atoms with Crippen LogP contribution in [0.15, 0.2) is 22.6 Å². The van der Waals surface area contributed by atoms with E-state index in [1.165, 1.54) is 0 Å². The monoisotopic (exact) mass is 246 g/mol. The molecule has 0 atom stereocenters. The van der Waals surface area contributed by atoms with Gasteiger partial charge in [0.15, 0.2) is 0 Å². The fraction of sp³-hybridized carbons (Fsp3) is 0.462. The van der Waals surface area contributed by atoms with E-state index in [0.717, 1.165) is 37.3 Å². The Kier molecular flexibility index (Phi) is 4.41. The first-order valence-corrected chi connectivity index (χ1v) is 6.26. The molecule has 0 aromatic carbocycles. The summed E-state index contributed by atoms with van der Waals surface area (Å²) in [5.74, 6) is 1.14. The van der Waals surface area contributed by atoms with Gasteiger partial charge in [0.1, 0.15) is 5.69 Å². The van der Waals surface area contributed by atoms with E-state index in [1.54, 1.807) is 0 Å². The van der Waals surface area contributed by atoms with Crippen LogP contribution in [0.2, 0.25) is 0 Å². The number of rotatable bonds is 6. The zero-order valence-corrected chi connectivity index (χ0v) is 10.8. The smallest absolute Gasteiger partial charge is 0.266 e. The Morgan fingerprint density at radius 2 is 2.11 bits per heavy atom. The Balaban J connectivity index is 1.97. The van der Waals surface area contributed by atoms with Crippen LogP contribution in [0, 0.1) is 6.92 Å². The van der Waals surface area contributed by atoms with Crippen molar-refractivity contribution in [1.29, 1.82) is 0 Å². The van der Waals surface area contributed by atoms with Crippen molar-refractivity contribution in [2.24, 2.45) is 0 Å². The van der Waals surface area contributed by atoms with E-state index in [9.17, 15) is 0 Å². The molecule has 2 heterocycles. The summed E-state index contributed by atoms with van der Waals surface area (Å²) < 4.78 is 5.58. The van der Waals surface area contributed by atoms with Crippen LogP contribution in [0.5, 0.6) is 0 Å². The normalized spacial score (nSPS) is 10.8. The molecular formula is C13H18N4O. The highest BCUT2D eigenvalue weighted by Crippen LogP contribution is 2.15. The summed E-state index contributed by atoms with van der Waals surface area (Å²) in [7, 11) is 0. The van der Waals surface area contributed by atoms with Gasteiger partial charge in [-0.15, -0.1) is 10.2 Å². The number of hydrogen-bond donors (Lipinski definition) is 1. The van der Waals surface area contributed by atoms with E-state index in [0.29, 0.717) is 11.8 Å². The number of nitrogens with one attached hydrogen (secondary N) is 1. The molecule has 0 spiro atoms. The first kappa shape index (κ1) is 12.7. The molecule has 0 unspecified atom stereocenters. The third-order valence-corrected chi connectivity index (χ3v) is 2.52. The van der Waals surface area contributed by atoms with Crippen molar-refractivity contribution in [3.05, 3.63) is 29.8 Å². The highest BCUT2D eigenvalue weighted by atomic mass is 16.4. The van der Waals surface area contributed by atoms with Crippen molar-refractivity contribution in [2.75, 3.05) is 13.1 Å². The lowest BCUT2D eigenvalue weighted by Gasteiger charge is -1.98. The molecule has 0 aliphatic carbocycles. The zero-order chi connectivity index (χ0) is 12.8. The first-order chi connectivity index (χ1) is 8.79. The van der Waals surface area contributed by atoms with E-state index >= 15 is 0 Å². The molecule has 2 rings (SSSR count). The van der Waals surface area contributed by atoms with E-state index in [2.05, 4.69) is 27.4 Å². The van der Waals surface area contributed by atoms with Gasteiger partial charge in [-0.05, 0) is 32.0 Å². The van der Waals surface area contributed by atoms with Gasteiger partial charge in [-0.1, -0.05) is 13.0 Å². The molecule has 0 saturated heterocycles. The van der Waals surface area contributed by atoms with Gasteiger partial charge in [-0.3, -0.25) is 0 Å². The highest BCUT2D eigenvalue weighted by molar-refractivity contribution is 5.45. The molecule has 0 bridgehead atoms. The second-order valence-corrected chi connectivity index (χ2v) is 4.17. The van der Waals surface area contributed by atoms with Gasteiger partial charge in [-0.25, -0.2) is 4.98 Å². The Morgan fingerprint density at radius 1 is 1.22 bits per heavy atom. The summed E-state index contributed by atoms with van der Waals surface area (Å²) >= 11 is 0. The molecule has 0 aliphatic heterocycles. The molecule has 2 aromatic rings. The maximum atomic E-state index is 5.58. The van der Waals surface area contributed by atoms with Gasteiger partial charge in [0.05, 0.1) is 0 Å². The topological polar surface area (TPSA) is 63.8 Å². The molecule has 5 heteroatoms. The molecule has 2 aromatic heterocycles. The molecule has 0 amide bonds. The van der Waals surface area contributed by atoms with Crippen LogP contribution in [-0.4, -0.2) is 28.3 Å². The minimum absolute atomic E-state index is 0.490. The van der Waals surface area contributed by atoms with E-state index in [1.807, 2.05) is 25.1 Å². The van der Waals surface area contributed by atoms with Crippen LogP contribution in [0.4, 0.5) is 0 Å². The van der Waals surface area contributed by atoms with E-state index in [-0.39, 0.29) is 0 Å². The summed E-state index contributed by atoms with van der Waals surface area (Å²) in [6.07, 6.45) is 1.88. The van der Waals surface area contributed by atoms with Gasteiger partial charge in [0.2, 0.25) is 5.89 Å². The molecule has 0 saturated carbocycles. The largest absolute Gasteiger partial charge is 0.419 e. The van der Waals surface area contributed by atoms with Gasteiger partial charge < -0.3 is 9.73 Å². The van der Waals surface area contributed by atoms with Gasteiger partial charge in [-0.2, -0.15) is 0 Å². The second-order valence-electron chi connectivity index (χ2n) is 4.17. The quantitative estimate of drug-likeness (QED) is 0.790. The Bertz CT molecular complexity index is 495. The van der Waals surface area contributed by atoms with Crippen molar-refractivity contribution >= 4 is 0 Å². The van der Waals surface area contributed by atoms with Crippen LogP contribution >= 0.6 is 0 Å². The molecule has 1 N–H and O–H groups in total. The summed E-state index contributed by atoms with van der Waals surface area (Å²) in [5.41, 5.74) is 1.67. The third-order valence-electron chi connectivity index (χ3n) is 2.52. The number of aromatic nitrogens is 3. The van der Waals surface area contributed by atoms with Crippen molar-refractivity contribution < 1.29 is 4.42 Å². The lowest BCUT2D eigenvalue weighted by molar-refractivity contribution is 0.493. The minimum Gasteiger partial charge on any atom is -0.419 e. The van der Waals surface area contributed by atoms with Crippen molar-refractivity contribution in [3.8, 4) is 11.6 Å². The maximum Gasteiger partial charge on any atom is 0.266 e. The van der Waals surface area contributed by atoms with Gasteiger partial charge in [0.25, 0.3) is 5.89 Å². The Hall–Kier alpha value is -1.75. The first-order valence-electron chi connectivity index (χ1n) is 6.26. The summed E-state index contributed by atoms with van der Waals surface area (Å²) in [5, 5.41) is 11.3. The molecule has 0 aliphatic rings. The van der Waals surface area contributed by atoms with E-state index < -0.39 is 0 Å². The number of aryl methyl sites for hydroxylation is 1. The molecule has 5 nitrogen and oxygen atoms in total. The zero-order valence-electron chi connectivity index (χ0n) is 10.8. The third kappa shape index (κ3) is 3.37. The Morgan fingerprint density at radius 3 is 2.89 bits per heavy atom. The van der Waals surface area contributed by atoms with Gasteiger partial charge >= 0.3 is 0 Å². The van der Waals surface area contributed by atoms with Crippen molar-refractivity contribution in [3.63, 3.8) is 0 Å². The van der Waals surface area contributed by atoms with Crippen LogP contribution in [-0.2, 0) is 6.42 Å². The average molecular weight is 246 g/mol. The Labute approximate surface area is 107 Å². The highest BCUT2D eigenvalue weighted by Gasteiger charge is 2.09. The second kappa shape index (κ2) is 6.26. The van der Waals surface area contributed by atoms with Crippen LogP contribution < -0.4 is 5.32 Å². The summed E-state index contributed by atoms with van der Waals surface area (Å²) in [6.45, 7) is 5.95. The number of nitrogens with zero attached hydrogens (tertiary/aromatic N) is 3. The maximum absolute atomic E-state index is 5.58. The summed E-state index contributed by atoms with van der Waals surface area (Å²) in [4.78, 5) is 4.35. The average Bonchev–Trinajstić information content (AvgIpc) is 2.83. The standard InChI is InChI=1S/C13H18N4O/c1-3-8-14-9-7-12-16-17-13(18-12)11-6-4-5-10(2)15-11/h4-6,14H,3,7-9H2,1-2H3. The molecule has 0 fully saturated rings. The molecule has 0 radical (unpaired) electrons. The molecular weight excluding hydrogens is 228 g/mol. The van der Waals surface area contributed by atoms with Gasteiger partial charge in [0, 0.05) is 18.7 Å². The van der Waals surface area contributed by atoms with E-state index in [4.69, 9.17) is 4.42 Å². The number of pyridine rings is 1. The predicted octanol–water partition coefficient (Wildman–Crippen LogP) is 1.98. The lowest BCUT2D eigenvalue weighted by atomic mass is 10.3. The summed E-state index contributed by atoms with van der Waals surface area (Å²) in [6, 6.07) is 5.75. The SMILES string of the molecule is CCCNCCc1nnc(-c2cccc(C)n2)o1. The molecule has 96 valence electrons. The van der Waals surface area contributed by atoms with Crippen LogP contribution in [0.3, 0.4) is 0 Å². The number of hydrogen-bond acceptors (Lipinski definition) is 5. The minimum atomic E-state index is 0.490. The predicted molar refractivity (Wildman–Crippen MR) is 69.1 cm³/mol. The fourth-order valence-corrected chi connectivity index (χ4v) is 1.62.